The second-order valence-electron chi connectivity index (χ2n) is 3.56. The zero-order valence-corrected chi connectivity index (χ0v) is 9.77. The van der Waals surface area contributed by atoms with E-state index in [9.17, 15) is 8.78 Å². The Labute approximate surface area is 99.4 Å². The molecule has 0 heterocycles. The first-order chi connectivity index (χ1) is 7.72. The van der Waals surface area contributed by atoms with Crippen LogP contribution >= 0.6 is 11.6 Å². The lowest BCUT2D eigenvalue weighted by Gasteiger charge is -2.06. The highest BCUT2D eigenvalue weighted by atomic mass is 35.5. The van der Waals surface area contributed by atoms with E-state index in [0.717, 1.165) is 31.7 Å². The summed E-state index contributed by atoms with van der Waals surface area (Å²) >= 11 is 5.53. The summed E-state index contributed by atoms with van der Waals surface area (Å²) in [5.74, 6) is -0.306. The van der Waals surface area contributed by atoms with E-state index in [1.807, 2.05) is 0 Å². The number of hydrogen-bond acceptors (Lipinski definition) is 1. The Morgan fingerprint density at radius 1 is 0.938 bits per heavy atom. The molecule has 1 aromatic carbocycles. The molecule has 0 aliphatic rings. The standard InChI is InChI=1S/C12H15ClF2O/c13-5-3-1-2-4-6-16-12-8-10(14)7-11(15)9-12/h7-9H,1-6H2. The zero-order chi connectivity index (χ0) is 11.8. The molecule has 0 unspecified atom stereocenters. The van der Waals surface area contributed by atoms with E-state index in [1.165, 1.54) is 12.1 Å². The van der Waals surface area contributed by atoms with Crippen molar-refractivity contribution < 1.29 is 13.5 Å². The van der Waals surface area contributed by atoms with Gasteiger partial charge in [0, 0.05) is 24.1 Å². The van der Waals surface area contributed by atoms with Gasteiger partial charge in [-0.3, -0.25) is 0 Å². The van der Waals surface area contributed by atoms with Crippen LogP contribution in [0, 0.1) is 11.6 Å². The minimum Gasteiger partial charge on any atom is -0.493 e. The fourth-order valence-corrected chi connectivity index (χ4v) is 1.54. The maximum atomic E-state index is 12.8. The lowest BCUT2D eigenvalue weighted by Crippen LogP contribution is -1.98. The van der Waals surface area contributed by atoms with Gasteiger partial charge in [-0.15, -0.1) is 11.6 Å². The van der Waals surface area contributed by atoms with Crippen LogP contribution in [-0.2, 0) is 0 Å². The molecule has 0 N–H and O–H groups in total. The normalized spacial score (nSPS) is 10.4. The molecule has 0 saturated heterocycles. The summed E-state index contributed by atoms with van der Waals surface area (Å²) in [5.41, 5.74) is 0. The van der Waals surface area contributed by atoms with Gasteiger partial charge in [-0.05, 0) is 12.8 Å². The predicted octanol–water partition coefficient (Wildman–Crippen LogP) is 4.14. The van der Waals surface area contributed by atoms with Gasteiger partial charge < -0.3 is 4.74 Å². The summed E-state index contributed by atoms with van der Waals surface area (Å²) in [6.45, 7) is 0.477. The van der Waals surface area contributed by atoms with E-state index in [0.29, 0.717) is 12.5 Å². The van der Waals surface area contributed by atoms with Gasteiger partial charge >= 0.3 is 0 Å². The van der Waals surface area contributed by atoms with Crippen molar-refractivity contribution in [2.45, 2.75) is 25.7 Å². The van der Waals surface area contributed by atoms with Crippen molar-refractivity contribution in [1.29, 1.82) is 0 Å². The molecule has 0 fully saturated rings. The Hall–Kier alpha value is -0.830. The topological polar surface area (TPSA) is 9.23 Å². The van der Waals surface area contributed by atoms with Crippen molar-refractivity contribution >= 4 is 11.6 Å². The van der Waals surface area contributed by atoms with Crippen LogP contribution < -0.4 is 4.74 Å². The molecule has 0 amide bonds. The molecule has 0 aliphatic carbocycles. The van der Waals surface area contributed by atoms with Crippen molar-refractivity contribution in [3.8, 4) is 5.75 Å². The van der Waals surface area contributed by atoms with Crippen molar-refractivity contribution in [3.63, 3.8) is 0 Å². The smallest absolute Gasteiger partial charge is 0.129 e. The first-order valence-electron chi connectivity index (χ1n) is 5.37. The Morgan fingerprint density at radius 2 is 1.56 bits per heavy atom. The summed E-state index contributed by atoms with van der Waals surface area (Å²) < 4.78 is 30.8. The van der Waals surface area contributed by atoms with Gasteiger partial charge in [-0.1, -0.05) is 12.8 Å². The summed E-state index contributed by atoms with van der Waals surface area (Å²) in [6, 6.07) is 3.19. The average Bonchev–Trinajstić information content (AvgIpc) is 2.22. The number of halogens is 3. The molecule has 1 rings (SSSR count). The first kappa shape index (κ1) is 13.2. The van der Waals surface area contributed by atoms with Crippen LogP contribution in [0.2, 0.25) is 0 Å². The summed E-state index contributed by atoms with van der Waals surface area (Å²) in [4.78, 5) is 0. The van der Waals surface area contributed by atoms with Crippen LogP contribution in [0.25, 0.3) is 0 Å². The van der Waals surface area contributed by atoms with E-state index in [-0.39, 0.29) is 5.75 Å². The molecule has 0 aliphatic heterocycles. The summed E-state index contributed by atoms with van der Waals surface area (Å²) in [6.07, 6.45) is 3.94. The molecule has 1 nitrogen and oxygen atoms in total. The molecule has 4 heteroatoms. The van der Waals surface area contributed by atoms with E-state index in [2.05, 4.69) is 0 Å². The Bertz CT molecular complexity index is 298. The highest BCUT2D eigenvalue weighted by Gasteiger charge is 2.00. The van der Waals surface area contributed by atoms with Crippen LogP contribution in [-0.4, -0.2) is 12.5 Å². The van der Waals surface area contributed by atoms with Crippen LogP contribution in [0.4, 0.5) is 8.78 Å². The SMILES string of the molecule is Fc1cc(F)cc(OCCCCCCCl)c1. The second-order valence-corrected chi connectivity index (χ2v) is 3.93. The lowest BCUT2D eigenvalue weighted by molar-refractivity contribution is 0.302. The Morgan fingerprint density at radius 3 is 2.19 bits per heavy atom. The molecule has 0 spiro atoms. The van der Waals surface area contributed by atoms with Gasteiger partial charge in [-0.25, -0.2) is 8.78 Å². The maximum absolute atomic E-state index is 12.8. The molecule has 0 radical (unpaired) electrons. The molecule has 0 saturated carbocycles. The van der Waals surface area contributed by atoms with Gasteiger partial charge in [0.15, 0.2) is 0 Å². The molecule has 0 bridgehead atoms. The monoisotopic (exact) mass is 248 g/mol. The van der Waals surface area contributed by atoms with Gasteiger partial charge in [0.05, 0.1) is 6.61 Å². The minimum absolute atomic E-state index is 0.245. The van der Waals surface area contributed by atoms with Crippen molar-refractivity contribution in [1.82, 2.24) is 0 Å². The summed E-state index contributed by atoms with van der Waals surface area (Å²) in [7, 11) is 0. The number of ether oxygens (including phenoxy) is 1. The van der Waals surface area contributed by atoms with Crippen molar-refractivity contribution in [2.24, 2.45) is 0 Å². The van der Waals surface area contributed by atoms with Crippen molar-refractivity contribution in [3.05, 3.63) is 29.8 Å². The van der Waals surface area contributed by atoms with E-state index in [4.69, 9.17) is 16.3 Å². The molecule has 90 valence electrons. The highest BCUT2D eigenvalue weighted by molar-refractivity contribution is 6.17. The van der Waals surface area contributed by atoms with Crippen LogP contribution in [0.1, 0.15) is 25.7 Å². The number of alkyl halides is 1. The Kier molecular flexibility index (Phi) is 6.16. The van der Waals surface area contributed by atoms with E-state index in [1.54, 1.807) is 0 Å². The molecular weight excluding hydrogens is 234 g/mol. The molecular formula is C12H15ClF2O. The van der Waals surface area contributed by atoms with Crippen LogP contribution in [0.15, 0.2) is 18.2 Å². The minimum atomic E-state index is -0.614. The fraction of sp³-hybridized carbons (Fsp3) is 0.500. The predicted molar refractivity (Wildman–Crippen MR) is 61.0 cm³/mol. The van der Waals surface area contributed by atoms with Gasteiger partial charge in [-0.2, -0.15) is 0 Å². The zero-order valence-electron chi connectivity index (χ0n) is 9.02. The summed E-state index contributed by atoms with van der Waals surface area (Å²) in [5, 5.41) is 0. The Balaban J connectivity index is 2.21. The molecule has 0 aromatic heterocycles. The van der Waals surface area contributed by atoms with Crippen molar-refractivity contribution in [2.75, 3.05) is 12.5 Å². The highest BCUT2D eigenvalue weighted by Crippen LogP contribution is 2.15. The third-order valence-electron chi connectivity index (χ3n) is 2.13. The van der Waals surface area contributed by atoms with Gasteiger partial charge in [0.25, 0.3) is 0 Å². The van der Waals surface area contributed by atoms with E-state index >= 15 is 0 Å². The number of rotatable bonds is 7. The van der Waals surface area contributed by atoms with Gasteiger partial charge in [0.2, 0.25) is 0 Å². The maximum Gasteiger partial charge on any atom is 0.129 e. The average molecular weight is 249 g/mol. The van der Waals surface area contributed by atoms with Gasteiger partial charge in [0.1, 0.15) is 17.4 Å². The molecule has 0 atom stereocenters. The third-order valence-corrected chi connectivity index (χ3v) is 2.40. The van der Waals surface area contributed by atoms with E-state index < -0.39 is 11.6 Å². The van der Waals surface area contributed by atoms with Crippen LogP contribution in [0.5, 0.6) is 5.75 Å². The molecule has 1 aromatic rings. The first-order valence-corrected chi connectivity index (χ1v) is 5.90. The quantitative estimate of drug-likeness (QED) is 0.520. The fourth-order valence-electron chi connectivity index (χ4n) is 1.35. The second kappa shape index (κ2) is 7.44. The molecule has 16 heavy (non-hydrogen) atoms. The van der Waals surface area contributed by atoms with Crippen LogP contribution in [0.3, 0.4) is 0 Å². The number of benzene rings is 1. The number of hydrogen-bond donors (Lipinski definition) is 0. The third kappa shape index (κ3) is 5.31. The number of unbranched alkanes of at least 4 members (excludes halogenated alkanes) is 3. The largest absolute Gasteiger partial charge is 0.493 e. The lowest BCUT2D eigenvalue weighted by atomic mass is 10.2.